The Morgan fingerprint density at radius 2 is 0.817 bits per heavy atom. The molecule has 0 aliphatic carbocycles. The molecule has 0 heterocycles. The molecule has 0 spiro atoms. The standard InChI is InChI=1S/C62H119N2O6P/c1-6-8-10-12-14-16-18-19-20-21-22-23-24-25-26-27-28-29-30-31-32-33-34-35-36-37-38-39-40-41-42-43-44-45-46-48-50-52-54-56-62(66)63-60(59-70-71(67,68)69-58-57-64(3,4)5)61(65)55-53-51-49-47-17-15-13-11-9-7-2/h17,28-29,31-32,47,53,55,60-61,65H,6-16,18-27,30,33-46,48-52,54,56-59H2,1-5H3,(H-,63,66,67,68)/p+1/b29-28-,32-31-,47-17+,55-53+. The van der Waals surface area contributed by atoms with Gasteiger partial charge in [-0.15, -0.1) is 0 Å². The van der Waals surface area contributed by atoms with E-state index in [1.165, 1.54) is 225 Å². The summed E-state index contributed by atoms with van der Waals surface area (Å²) in [7, 11) is 1.56. The number of carbonyl (C=O) groups excluding carboxylic acids is 1. The second-order valence-corrected chi connectivity index (χ2v) is 23.5. The Morgan fingerprint density at radius 3 is 1.23 bits per heavy atom. The van der Waals surface area contributed by atoms with Crippen LogP contribution in [0.2, 0.25) is 0 Å². The van der Waals surface area contributed by atoms with Crippen LogP contribution in [0.3, 0.4) is 0 Å². The lowest BCUT2D eigenvalue weighted by atomic mass is 10.0. The summed E-state index contributed by atoms with van der Waals surface area (Å²) in [5.41, 5.74) is 0. The molecule has 0 aromatic carbocycles. The van der Waals surface area contributed by atoms with E-state index in [2.05, 4.69) is 55.6 Å². The van der Waals surface area contributed by atoms with Crippen LogP contribution in [-0.2, 0) is 18.4 Å². The molecule has 71 heavy (non-hydrogen) atoms. The Kier molecular flexibility index (Phi) is 52.1. The first kappa shape index (κ1) is 69.5. The smallest absolute Gasteiger partial charge is 0.387 e. The molecule has 0 fully saturated rings. The summed E-state index contributed by atoms with van der Waals surface area (Å²) in [6, 6.07) is -0.862. The number of quaternary nitrogens is 1. The normalized spacial score (nSPS) is 14.2. The molecule has 0 saturated heterocycles. The lowest BCUT2D eigenvalue weighted by Crippen LogP contribution is -2.45. The fourth-order valence-corrected chi connectivity index (χ4v) is 9.71. The molecule has 9 heteroatoms. The summed E-state index contributed by atoms with van der Waals surface area (Å²) in [6.45, 7) is 4.77. The second kappa shape index (κ2) is 53.3. The Labute approximate surface area is 441 Å². The van der Waals surface area contributed by atoms with Crippen molar-refractivity contribution in [1.82, 2.24) is 5.32 Å². The maximum Gasteiger partial charge on any atom is 0.472 e. The molecule has 0 radical (unpaired) electrons. The zero-order chi connectivity index (χ0) is 52.0. The number of unbranched alkanes of at least 4 members (excludes halogenated alkanes) is 37. The van der Waals surface area contributed by atoms with E-state index in [9.17, 15) is 19.4 Å². The summed E-state index contributed by atoms with van der Waals surface area (Å²) in [4.78, 5) is 23.2. The monoisotopic (exact) mass is 1020 g/mol. The van der Waals surface area contributed by atoms with Crippen LogP contribution in [0.5, 0.6) is 0 Å². The van der Waals surface area contributed by atoms with Crippen LogP contribution in [0.25, 0.3) is 0 Å². The zero-order valence-corrected chi connectivity index (χ0v) is 48.6. The Bertz CT molecular complexity index is 1290. The number of aliphatic hydroxyl groups excluding tert-OH is 1. The van der Waals surface area contributed by atoms with Crippen molar-refractivity contribution in [3.05, 3.63) is 48.6 Å². The minimum absolute atomic E-state index is 0.0560. The van der Waals surface area contributed by atoms with E-state index in [0.717, 1.165) is 44.9 Å². The van der Waals surface area contributed by atoms with Gasteiger partial charge in [-0.05, 0) is 64.2 Å². The maximum atomic E-state index is 12.9. The van der Waals surface area contributed by atoms with E-state index >= 15 is 0 Å². The van der Waals surface area contributed by atoms with Crippen molar-refractivity contribution in [2.24, 2.45) is 0 Å². The van der Waals surface area contributed by atoms with Gasteiger partial charge in [0.25, 0.3) is 0 Å². The number of allylic oxidation sites excluding steroid dienone is 7. The van der Waals surface area contributed by atoms with E-state index in [-0.39, 0.29) is 19.1 Å². The van der Waals surface area contributed by atoms with Gasteiger partial charge >= 0.3 is 7.82 Å². The van der Waals surface area contributed by atoms with Crippen LogP contribution >= 0.6 is 7.82 Å². The molecule has 1 amide bonds. The Hall–Kier alpha value is -1.54. The molecule has 0 bridgehead atoms. The first-order chi connectivity index (χ1) is 34.5. The van der Waals surface area contributed by atoms with Crippen LogP contribution in [0.4, 0.5) is 0 Å². The van der Waals surface area contributed by atoms with Crippen molar-refractivity contribution in [3.63, 3.8) is 0 Å². The number of phosphoric ester groups is 1. The zero-order valence-electron chi connectivity index (χ0n) is 47.7. The summed E-state index contributed by atoms with van der Waals surface area (Å²) in [5, 5.41) is 13.8. The Balaban J connectivity index is 3.85. The minimum Gasteiger partial charge on any atom is -0.387 e. The van der Waals surface area contributed by atoms with Crippen LogP contribution in [0.15, 0.2) is 48.6 Å². The average molecular weight is 1020 g/mol. The molecule has 3 unspecified atom stereocenters. The van der Waals surface area contributed by atoms with Crippen molar-refractivity contribution < 1.29 is 32.9 Å². The number of hydrogen-bond acceptors (Lipinski definition) is 5. The minimum atomic E-state index is -4.35. The predicted molar refractivity (Wildman–Crippen MR) is 309 cm³/mol. The van der Waals surface area contributed by atoms with Gasteiger partial charge in [-0.2, -0.15) is 0 Å². The van der Waals surface area contributed by atoms with E-state index in [1.54, 1.807) is 6.08 Å². The average Bonchev–Trinajstić information content (AvgIpc) is 3.33. The van der Waals surface area contributed by atoms with Crippen molar-refractivity contribution in [2.45, 2.75) is 302 Å². The number of phosphoric acid groups is 1. The quantitative estimate of drug-likeness (QED) is 0.0243. The van der Waals surface area contributed by atoms with Gasteiger partial charge in [0.2, 0.25) is 5.91 Å². The van der Waals surface area contributed by atoms with Gasteiger partial charge in [0, 0.05) is 6.42 Å². The van der Waals surface area contributed by atoms with E-state index in [4.69, 9.17) is 9.05 Å². The molecule has 0 aromatic rings. The molecule has 418 valence electrons. The number of carbonyl (C=O) groups is 1. The highest BCUT2D eigenvalue weighted by molar-refractivity contribution is 7.47. The summed E-state index contributed by atoms with van der Waals surface area (Å²) in [6.07, 6.45) is 71.3. The van der Waals surface area contributed by atoms with Crippen molar-refractivity contribution in [1.29, 1.82) is 0 Å². The molecular formula is C62H120N2O6P+. The van der Waals surface area contributed by atoms with Gasteiger partial charge < -0.3 is 19.8 Å². The van der Waals surface area contributed by atoms with Gasteiger partial charge in [-0.25, -0.2) is 4.57 Å². The first-order valence-electron chi connectivity index (χ1n) is 30.5. The summed E-state index contributed by atoms with van der Waals surface area (Å²) >= 11 is 0. The summed E-state index contributed by atoms with van der Waals surface area (Å²) in [5.74, 6) is -0.187. The van der Waals surface area contributed by atoms with Crippen molar-refractivity contribution >= 4 is 13.7 Å². The third-order valence-corrected chi connectivity index (χ3v) is 14.8. The van der Waals surface area contributed by atoms with Gasteiger partial charge in [0.1, 0.15) is 13.2 Å². The molecule has 0 rings (SSSR count). The largest absolute Gasteiger partial charge is 0.472 e. The lowest BCUT2D eigenvalue weighted by molar-refractivity contribution is -0.870. The number of aliphatic hydroxyl groups is 1. The topological polar surface area (TPSA) is 105 Å². The molecule has 0 aromatic heterocycles. The van der Waals surface area contributed by atoms with Gasteiger partial charge in [-0.1, -0.05) is 268 Å². The van der Waals surface area contributed by atoms with Gasteiger partial charge in [-0.3, -0.25) is 13.8 Å². The van der Waals surface area contributed by atoms with Crippen LogP contribution in [0.1, 0.15) is 290 Å². The fourth-order valence-electron chi connectivity index (χ4n) is 8.97. The molecule has 3 N–H and O–H groups in total. The molecule has 3 atom stereocenters. The van der Waals surface area contributed by atoms with Crippen molar-refractivity contribution in [2.75, 3.05) is 40.9 Å². The van der Waals surface area contributed by atoms with E-state index in [1.807, 2.05) is 27.2 Å². The SMILES string of the molecule is CCCCCC/C=C/CC/C=C/C(O)C(COP(=O)(O)OCC[N+](C)(C)C)NC(=O)CCCCCCCCCCCCCCCCCCC/C=C\C/C=C\CCCCCCCCCCCCCCCCC. The number of nitrogens with zero attached hydrogens (tertiary/aromatic N) is 1. The molecule has 0 aliphatic heterocycles. The number of nitrogens with one attached hydrogen (secondary N) is 1. The molecule has 0 saturated carbocycles. The summed E-state index contributed by atoms with van der Waals surface area (Å²) < 4.78 is 23.6. The van der Waals surface area contributed by atoms with Crippen LogP contribution in [0, 0.1) is 0 Å². The Morgan fingerprint density at radius 1 is 0.479 bits per heavy atom. The van der Waals surface area contributed by atoms with Gasteiger partial charge in [0.05, 0.1) is 39.9 Å². The second-order valence-electron chi connectivity index (χ2n) is 22.1. The fraction of sp³-hybridized carbons (Fsp3) is 0.855. The number of rotatable bonds is 56. The number of likely N-dealkylation sites (N-methyl/N-ethyl adjacent to an activating group) is 1. The maximum absolute atomic E-state index is 12.9. The highest BCUT2D eigenvalue weighted by Gasteiger charge is 2.27. The molecular weight excluding hydrogens is 900 g/mol. The third-order valence-electron chi connectivity index (χ3n) is 13.8. The first-order valence-corrected chi connectivity index (χ1v) is 32.0. The lowest BCUT2D eigenvalue weighted by Gasteiger charge is -2.25. The highest BCUT2D eigenvalue weighted by Crippen LogP contribution is 2.43. The van der Waals surface area contributed by atoms with E-state index < -0.39 is 20.0 Å². The van der Waals surface area contributed by atoms with Gasteiger partial charge in [0.15, 0.2) is 0 Å². The van der Waals surface area contributed by atoms with Crippen LogP contribution in [-0.4, -0.2) is 73.4 Å². The number of amides is 1. The predicted octanol–water partition coefficient (Wildman–Crippen LogP) is 18.7. The third kappa shape index (κ3) is 56.0. The molecule has 8 nitrogen and oxygen atoms in total. The number of hydrogen-bond donors (Lipinski definition) is 3. The van der Waals surface area contributed by atoms with E-state index in [0.29, 0.717) is 17.4 Å². The highest BCUT2D eigenvalue weighted by atomic mass is 31.2. The van der Waals surface area contributed by atoms with Crippen molar-refractivity contribution in [3.8, 4) is 0 Å². The van der Waals surface area contributed by atoms with Crippen LogP contribution < -0.4 is 5.32 Å². The molecule has 0 aliphatic rings.